The highest BCUT2D eigenvalue weighted by atomic mass is 35.5. The molecule has 0 unspecified atom stereocenters. The monoisotopic (exact) mass is 535 g/mol. The molecule has 1 saturated heterocycles. The van der Waals surface area contributed by atoms with Crippen molar-refractivity contribution in [2.45, 2.75) is 6.04 Å². The zero-order valence-corrected chi connectivity index (χ0v) is 22.0. The van der Waals surface area contributed by atoms with Crippen molar-refractivity contribution >= 4 is 35.1 Å². The van der Waals surface area contributed by atoms with E-state index in [0.29, 0.717) is 48.0 Å². The number of hydrogen-bond acceptors (Lipinski definition) is 5. The Bertz CT molecular complexity index is 1300. The van der Waals surface area contributed by atoms with Gasteiger partial charge in [0.1, 0.15) is 12.3 Å². The largest absolute Gasteiger partial charge is 0.495 e. The lowest BCUT2D eigenvalue weighted by molar-refractivity contribution is -0.137. The van der Waals surface area contributed by atoms with Crippen LogP contribution in [0.3, 0.4) is 0 Å². The van der Waals surface area contributed by atoms with Crippen LogP contribution >= 0.6 is 11.6 Å². The Morgan fingerprint density at radius 2 is 1.82 bits per heavy atom. The van der Waals surface area contributed by atoms with Crippen LogP contribution < -0.4 is 15.0 Å². The van der Waals surface area contributed by atoms with E-state index in [-0.39, 0.29) is 37.5 Å². The van der Waals surface area contributed by atoms with Crippen molar-refractivity contribution in [1.29, 1.82) is 0 Å². The van der Waals surface area contributed by atoms with Crippen LogP contribution in [-0.2, 0) is 9.59 Å². The Labute approximate surface area is 226 Å². The number of nitrogens with zero attached hydrogens (tertiary/aromatic N) is 4. The number of benzene rings is 2. The van der Waals surface area contributed by atoms with Crippen molar-refractivity contribution in [2.75, 3.05) is 57.8 Å². The number of nitrogens with one attached hydrogen (secondary N) is 1. The summed E-state index contributed by atoms with van der Waals surface area (Å²) in [4.78, 5) is 46.9. The summed E-state index contributed by atoms with van der Waals surface area (Å²) in [5.41, 5.74) is 2.66. The molecule has 0 bridgehead atoms. The summed E-state index contributed by atoms with van der Waals surface area (Å²) in [6.07, 6.45) is 1.61. The highest BCUT2D eigenvalue weighted by molar-refractivity contribution is 6.31. The second kappa shape index (κ2) is 10.8. The van der Waals surface area contributed by atoms with Gasteiger partial charge in [0.05, 0.1) is 36.7 Å². The summed E-state index contributed by atoms with van der Waals surface area (Å²) < 4.78 is 5.48. The molecule has 0 spiro atoms. The number of hydrogen-bond donors (Lipinski definition) is 1. The van der Waals surface area contributed by atoms with Crippen molar-refractivity contribution < 1.29 is 19.1 Å². The third-order valence-corrected chi connectivity index (χ3v) is 7.55. The zero-order valence-electron chi connectivity index (χ0n) is 21.2. The smallest absolute Gasteiger partial charge is 0.322 e. The van der Waals surface area contributed by atoms with Gasteiger partial charge in [-0.05, 0) is 23.8 Å². The van der Waals surface area contributed by atoms with Gasteiger partial charge in [0.15, 0.2) is 0 Å². The standard InChI is InChI=1S/C28H30ClN5O4/c1-3-12-34-22-17-33(27(36)25(22)26(30-28(34)37)19-8-4-5-9-20(19)29)18-24(35)32-15-13-31(14-16-32)21-10-6-7-11-23(21)38-2/h3-11,26H,1,12-18H2,2H3,(H,30,37)/t26-/m0/s1. The van der Waals surface area contributed by atoms with Gasteiger partial charge in [0.25, 0.3) is 5.91 Å². The second-order valence-corrected chi connectivity index (χ2v) is 9.77. The van der Waals surface area contributed by atoms with Crippen LogP contribution in [-0.4, -0.2) is 85.5 Å². The summed E-state index contributed by atoms with van der Waals surface area (Å²) in [7, 11) is 1.65. The number of carbonyl (C=O) groups excluding carboxylic acids is 3. The Balaban J connectivity index is 1.30. The molecule has 0 aromatic heterocycles. The molecule has 198 valence electrons. The molecule has 3 aliphatic heterocycles. The molecular weight excluding hydrogens is 506 g/mol. The van der Waals surface area contributed by atoms with Gasteiger partial charge in [0, 0.05) is 37.7 Å². The molecule has 3 heterocycles. The first kappa shape index (κ1) is 25.7. The fraction of sp³-hybridized carbons (Fsp3) is 0.321. The molecule has 0 saturated carbocycles. The average molecular weight is 536 g/mol. The zero-order chi connectivity index (χ0) is 26.8. The molecule has 0 aliphatic carbocycles. The van der Waals surface area contributed by atoms with Crippen molar-refractivity contribution in [3.8, 4) is 5.75 Å². The van der Waals surface area contributed by atoms with Crippen molar-refractivity contribution in [3.63, 3.8) is 0 Å². The quantitative estimate of drug-likeness (QED) is 0.551. The van der Waals surface area contributed by atoms with E-state index in [9.17, 15) is 14.4 Å². The number of ether oxygens (including phenoxy) is 1. The lowest BCUT2D eigenvalue weighted by Gasteiger charge is -2.37. The Morgan fingerprint density at radius 1 is 1.11 bits per heavy atom. The van der Waals surface area contributed by atoms with E-state index in [1.54, 1.807) is 36.3 Å². The third kappa shape index (κ3) is 4.69. The molecule has 5 rings (SSSR count). The molecule has 2 aromatic carbocycles. The molecule has 38 heavy (non-hydrogen) atoms. The molecule has 2 aromatic rings. The van der Waals surface area contributed by atoms with Gasteiger partial charge >= 0.3 is 6.03 Å². The molecule has 10 heteroatoms. The SMILES string of the molecule is C=CCN1C(=O)N[C@@H](c2ccccc2Cl)C2=C1CN(CC(=O)N1CCN(c3ccccc3OC)CC1)C2=O. The second-order valence-electron chi connectivity index (χ2n) is 9.36. The van der Waals surface area contributed by atoms with Crippen LogP contribution in [0.4, 0.5) is 10.5 Å². The van der Waals surface area contributed by atoms with Gasteiger partial charge < -0.3 is 24.8 Å². The number of halogens is 1. The number of piperazine rings is 1. The molecule has 4 amide bonds. The number of anilines is 1. The topological polar surface area (TPSA) is 85.4 Å². The number of para-hydroxylation sites is 2. The Hall–Kier alpha value is -3.98. The van der Waals surface area contributed by atoms with E-state index in [0.717, 1.165) is 11.4 Å². The minimum absolute atomic E-state index is 0.0636. The lowest BCUT2D eigenvalue weighted by Crippen LogP contribution is -2.51. The van der Waals surface area contributed by atoms with E-state index in [1.165, 1.54) is 9.80 Å². The number of methoxy groups -OCH3 is 1. The van der Waals surface area contributed by atoms with Crippen molar-refractivity contribution in [3.05, 3.63) is 83.0 Å². The van der Waals surface area contributed by atoms with Crippen LogP contribution in [0, 0.1) is 0 Å². The maximum atomic E-state index is 13.6. The predicted molar refractivity (Wildman–Crippen MR) is 145 cm³/mol. The predicted octanol–water partition coefficient (Wildman–Crippen LogP) is 3.05. The molecule has 1 atom stereocenters. The van der Waals surface area contributed by atoms with Crippen LogP contribution in [0.1, 0.15) is 11.6 Å². The lowest BCUT2D eigenvalue weighted by atomic mass is 9.95. The van der Waals surface area contributed by atoms with E-state index < -0.39 is 6.04 Å². The van der Waals surface area contributed by atoms with E-state index in [1.807, 2.05) is 30.3 Å². The summed E-state index contributed by atoms with van der Waals surface area (Å²) in [5, 5.41) is 3.37. The first-order valence-corrected chi connectivity index (χ1v) is 12.9. The highest BCUT2D eigenvalue weighted by Crippen LogP contribution is 2.38. The van der Waals surface area contributed by atoms with Gasteiger partial charge in [0.2, 0.25) is 5.91 Å². The van der Waals surface area contributed by atoms with Crippen molar-refractivity contribution in [2.24, 2.45) is 0 Å². The average Bonchev–Trinajstić information content (AvgIpc) is 3.26. The molecule has 3 aliphatic rings. The Morgan fingerprint density at radius 3 is 2.53 bits per heavy atom. The number of rotatable bonds is 7. The third-order valence-electron chi connectivity index (χ3n) is 7.21. The summed E-state index contributed by atoms with van der Waals surface area (Å²) in [6.45, 7) is 6.50. The number of carbonyl (C=O) groups is 3. The van der Waals surface area contributed by atoms with Gasteiger partial charge in [-0.15, -0.1) is 6.58 Å². The fourth-order valence-corrected chi connectivity index (χ4v) is 5.54. The van der Waals surface area contributed by atoms with Crippen LogP contribution in [0.5, 0.6) is 5.75 Å². The summed E-state index contributed by atoms with van der Waals surface area (Å²) in [5.74, 6) is 0.397. The first-order chi connectivity index (χ1) is 18.4. The number of amides is 4. The van der Waals surface area contributed by atoms with E-state index >= 15 is 0 Å². The van der Waals surface area contributed by atoms with Gasteiger partial charge in [-0.2, -0.15) is 0 Å². The normalized spacial score (nSPS) is 19.5. The van der Waals surface area contributed by atoms with Crippen LogP contribution in [0.2, 0.25) is 5.02 Å². The fourth-order valence-electron chi connectivity index (χ4n) is 5.29. The van der Waals surface area contributed by atoms with Gasteiger partial charge in [-0.25, -0.2) is 4.79 Å². The minimum Gasteiger partial charge on any atom is -0.495 e. The Kier molecular flexibility index (Phi) is 7.28. The van der Waals surface area contributed by atoms with E-state index in [4.69, 9.17) is 16.3 Å². The molecule has 1 fully saturated rings. The first-order valence-electron chi connectivity index (χ1n) is 12.5. The molecule has 9 nitrogen and oxygen atoms in total. The molecule has 1 N–H and O–H groups in total. The highest BCUT2D eigenvalue weighted by Gasteiger charge is 2.45. The summed E-state index contributed by atoms with van der Waals surface area (Å²) >= 11 is 6.44. The van der Waals surface area contributed by atoms with Gasteiger partial charge in [-0.1, -0.05) is 48.0 Å². The summed E-state index contributed by atoms with van der Waals surface area (Å²) in [6, 6.07) is 13.9. The van der Waals surface area contributed by atoms with Crippen LogP contribution in [0.15, 0.2) is 72.5 Å². The molecule has 0 radical (unpaired) electrons. The minimum atomic E-state index is -0.690. The van der Waals surface area contributed by atoms with E-state index in [2.05, 4.69) is 16.8 Å². The van der Waals surface area contributed by atoms with Gasteiger partial charge in [-0.3, -0.25) is 14.5 Å². The number of urea groups is 1. The van der Waals surface area contributed by atoms with Crippen LogP contribution in [0.25, 0.3) is 0 Å². The molecular formula is C28H30ClN5O4. The van der Waals surface area contributed by atoms with Crippen molar-refractivity contribution in [1.82, 2.24) is 20.0 Å². The maximum Gasteiger partial charge on any atom is 0.322 e. The maximum absolute atomic E-state index is 13.6.